The van der Waals surface area contributed by atoms with E-state index in [1.807, 2.05) is 0 Å². The average Bonchev–Trinajstić information content (AvgIpc) is 2.89. The van der Waals surface area contributed by atoms with Gasteiger partial charge in [-0.25, -0.2) is 4.79 Å². The number of rotatable bonds is 3. The minimum Gasteiger partial charge on any atom is -0.478 e. The highest BCUT2D eigenvalue weighted by atomic mass is 16.4. The minimum atomic E-state index is -0.991. The van der Waals surface area contributed by atoms with Gasteiger partial charge in [-0.2, -0.15) is 5.26 Å². The third kappa shape index (κ3) is 2.47. The maximum atomic E-state index is 10.7. The fraction of sp³-hybridized carbons (Fsp3) is 0. The first-order valence-electron chi connectivity index (χ1n) is 5.20. The van der Waals surface area contributed by atoms with Crippen molar-refractivity contribution in [1.29, 1.82) is 5.26 Å². The van der Waals surface area contributed by atoms with Crippen LogP contribution >= 0.6 is 0 Å². The summed E-state index contributed by atoms with van der Waals surface area (Å²) in [5.74, 6) is -0.413. The van der Waals surface area contributed by atoms with Crippen molar-refractivity contribution in [3.05, 3.63) is 59.5 Å². The fourth-order valence-corrected chi connectivity index (χ4v) is 1.49. The summed E-state index contributed by atoms with van der Waals surface area (Å²) in [5, 5.41) is 17.9. The molecule has 0 aliphatic heterocycles. The Morgan fingerprint density at radius 1 is 1.22 bits per heavy atom. The summed E-state index contributed by atoms with van der Waals surface area (Å²) in [7, 11) is 0. The Balaban J connectivity index is 2.35. The highest BCUT2D eigenvalue weighted by Crippen LogP contribution is 2.18. The summed E-state index contributed by atoms with van der Waals surface area (Å²) in [6, 6.07) is 11.7. The second-order valence-corrected chi connectivity index (χ2v) is 3.57. The van der Waals surface area contributed by atoms with Gasteiger partial charge in [-0.15, -0.1) is 0 Å². The molecule has 0 saturated heterocycles. The van der Waals surface area contributed by atoms with Crippen molar-refractivity contribution >= 4 is 17.6 Å². The van der Waals surface area contributed by atoms with Crippen LogP contribution in [0.4, 0.5) is 0 Å². The lowest BCUT2D eigenvalue weighted by molar-refractivity contribution is 0.0697. The van der Waals surface area contributed by atoms with Crippen LogP contribution in [0.1, 0.15) is 21.7 Å². The Kier molecular flexibility index (Phi) is 3.26. The van der Waals surface area contributed by atoms with E-state index in [-0.39, 0.29) is 5.56 Å². The summed E-state index contributed by atoms with van der Waals surface area (Å²) in [4.78, 5) is 10.7. The molecule has 0 spiro atoms. The highest BCUT2D eigenvalue weighted by Gasteiger charge is 2.05. The third-order valence-corrected chi connectivity index (χ3v) is 2.39. The molecular formula is C14H9NO3. The van der Waals surface area contributed by atoms with E-state index < -0.39 is 5.97 Å². The molecular weight excluding hydrogens is 230 g/mol. The molecule has 88 valence electrons. The molecule has 1 heterocycles. The van der Waals surface area contributed by atoms with Crippen LogP contribution < -0.4 is 0 Å². The number of hydrogen-bond acceptors (Lipinski definition) is 3. The van der Waals surface area contributed by atoms with Gasteiger partial charge >= 0.3 is 5.97 Å². The van der Waals surface area contributed by atoms with E-state index in [1.54, 1.807) is 30.3 Å². The van der Waals surface area contributed by atoms with Gasteiger partial charge in [0.1, 0.15) is 5.76 Å². The number of carboxylic acids is 1. The molecule has 2 rings (SSSR count). The van der Waals surface area contributed by atoms with Crippen LogP contribution in [-0.2, 0) is 0 Å². The van der Waals surface area contributed by atoms with Crippen molar-refractivity contribution < 1.29 is 14.3 Å². The number of nitriles is 1. The molecule has 0 amide bonds. The summed E-state index contributed by atoms with van der Waals surface area (Å²) < 4.78 is 5.13. The van der Waals surface area contributed by atoms with Crippen molar-refractivity contribution in [3.8, 4) is 6.07 Å². The van der Waals surface area contributed by atoms with Crippen LogP contribution in [0, 0.1) is 11.3 Å². The van der Waals surface area contributed by atoms with E-state index in [2.05, 4.69) is 6.07 Å². The largest absolute Gasteiger partial charge is 0.478 e. The number of carboxylic acid groups (broad SMARTS) is 1. The van der Waals surface area contributed by atoms with E-state index in [9.17, 15) is 4.79 Å². The van der Waals surface area contributed by atoms with Crippen molar-refractivity contribution in [3.63, 3.8) is 0 Å². The molecule has 18 heavy (non-hydrogen) atoms. The van der Waals surface area contributed by atoms with Crippen LogP contribution in [0.15, 0.2) is 47.1 Å². The molecule has 2 aromatic rings. The summed E-state index contributed by atoms with van der Waals surface area (Å²) >= 11 is 0. The standard InChI is InChI=1S/C14H9NO3/c15-9-12(8-13-2-1-7-18-13)10-3-5-11(6-4-10)14(16)17/h1-8H,(H,16,17)/b12-8-. The first-order chi connectivity index (χ1) is 8.70. The Morgan fingerprint density at radius 2 is 1.89 bits per heavy atom. The first-order valence-corrected chi connectivity index (χ1v) is 5.20. The molecule has 0 atom stereocenters. The van der Waals surface area contributed by atoms with E-state index in [0.29, 0.717) is 16.9 Å². The van der Waals surface area contributed by atoms with Crippen LogP contribution in [0.5, 0.6) is 0 Å². The second-order valence-electron chi connectivity index (χ2n) is 3.57. The lowest BCUT2D eigenvalue weighted by atomic mass is 10.0. The molecule has 0 bridgehead atoms. The van der Waals surface area contributed by atoms with Gasteiger partial charge in [0.15, 0.2) is 0 Å². The quantitative estimate of drug-likeness (QED) is 0.835. The van der Waals surface area contributed by atoms with E-state index >= 15 is 0 Å². The zero-order valence-corrected chi connectivity index (χ0v) is 9.33. The van der Waals surface area contributed by atoms with E-state index in [0.717, 1.165) is 0 Å². The number of nitrogens with zero attached hydrogens (tertiary/aromatic N) is 1. The zero-order chi connectivity index (χ0) is 13.0. The molecule has 0 unspecified atom stereocenters. The van der Waals surface area contributed by atoms with Crippen LogP contribution in [0.25, 0.3) is 11.6 Å². The summed E-state index contributed by atoms with van der Waals surface area (Å²) in [6.07, 6.45) is 3.13. The SMILES string of the molecule is N#C/C(=C/c1ccco1)c1ccc(C(=O)O)cc1. The van der Waals surface area contributed by atoms with Crippen molar-refractivity contribution in [1.82, 2.24) is 0 Å². The van der Waals surface area contributed by atoms with Crippen LogP contribution in [-0.4, -0.2) is 11.1 Å². The van der Waals surface area contributed by atoms with Crippen molar-refractivity contribution in [2.24, 2.45) is 0 Å². The Bertz CT molecular complexity index is 616. The molecule has 0 aliphatic carbocycles. The lowest BCUT2D eigenvalue weighted by Crippen LogP contribution is -1.95. The number of hydrogen-bond donors (Lipinski definition) is 1. The molecule has 0 fully saturated rings. The molecule has 0 aliphatic rings. The molecule has 1 aromatic carbocycles. The molecule has 0 radical (unpaired) electrons. The number of aromatic carboxylic acids is 1. The highest BCUT2D eigenvalue weighted by molar-refractivity contribution is 5.91. The Labute approximate surface area is 103 Å². The normalized spacial score (nSPS) is 10.9. The van der Waals surface area contributed by atoms with Gasteiger partial charge in [0, 0.05) is 0 Å². The van der Waals surface area contributed by atoms with E-state index in [4.69, 9.17) is 14.8 Å². The minimum absolute atomic E-state index is 0.189. The number of furan rings is 1. The maximum Gasteiger partial charge on any atom is 0.335 e. The van der Waals surface area contributed by atoms with Gasteiger partial charge < -0.3 is 9.52 Å². The number of benzene rings is 1. The lowest BCUT2D eigenvalue weighted by Gasteiger charge is -1.99. The number of carbonyl (C=O) groups is 1. The van der Waals surface area contributed by atoms with Crippen LogP contribution in [0.2, 0.25) is 0 Å². The summed E-state index contributed by atoms with van der Waals surface area (Å²) in [6.45, 7) is 0. The summed E-state index contributed by atoms with van der Waals surface area (Å²) in [5.41, 5.74) is 1.26. The fourth-order valence-electron chi connectivity index (χ4n) is 1.49. The molecule has 1 aromatic heterocycles. The van der Waals surface area contributed by atoms with Crippen molar-refractivity contribution in [2.75, 3.05) is 0 Å². The van der Waals surface area contributed by atoms with E-state index in [1.165, 1.54) is 18.4 Å². The predicted octanol–water partition coefficient (Wildman–Crippen LogP) is 3.04. The van der Waals surface area contributed by atoms with Gasteiger partial charge in [-0.3, -0.25) is 0 Å². The van der Waals surface area contributed by atoms with Crippen molar-refractivity contribution in [2.45, 2.75) is 0 Å². The molecule has 0 saturated carbocycles. The first kappa shape index (κ1) is 11.7. The van der Waals surface area contributed by atoms with Gasteiger partial charge in [0.05, 0.1) is 23.5 Å². The second kappa shape index (κ2) is 5.02. The van der Waals surface area contributed by atoms with Gasteiger partial charge in [0.25, 0.3) is 0 Å². The Morgan fingerprint density at radius 3 is 2.39 bits per heavy atom. The predicted molar refractivity (Wildman–Crippen MR) is 65.6 cm³/mol. The van der Waals surface area contributed by atoms with Crippen LogP contribution in [0.3, 0.4) is 0 Å². The maximum absolute atomic E-state index is 10.7. The van der Waals surface area contributed by atoms with Gasteiger partial charge in [0.2, 0.25) is 0 Å². The Hall–Kier alpha value is -2.80. The zero-order valence-electron chi connectivity index (χ0n) is 9.33. The topological polar surface area (TPSA) is 74.2 Å². The monoisotopic (exact) mass is 239 g/mol. The molecule has 4 nitrogen and oxygen atoms in total. The van der Waals surface area contributed by atoms with Gasteiger partial charge in [-0.05, 0) is 35.9 Å². The van der Waals surface area contributed by atoms with Gasteiger partial charge in [-0.1, -0.05) is 12.1 Å². The molecule has 4 heteroatoms. The smallest absolute Gasteiger partial charge is 0.335 e. The third-order valence-electron chi connectivity index (χ3n) is 2.39. The number of allylic oxidation sites excluding steroid dienone is 1. The molecule has 1 N–H and O–H groups in total. The average molecular weight is 239 g/mol.